The maximum absolute atomic E-state index is 13.3. The summed E-state index contributed by atoms with van der Waals surface area (Å²) in [4.78, 5) is 27.8. The number of benzene rings is 2. The molecule has 0 radical (unpaired) electrons. The van der Waals surface area contributed by atoms with Gasteiger partial charge in [-0.25, -0.2) is 17.9 Å². The van der Waals surface area contributed by atoms with Gasteiger partial charge in [-0.2, -0.15) is 5.10 Å². The van der Waals surface area contributed by atoms with Crippen LogP contribution in [0.4, 0.5) is 0 Å². The molecule has 8 nitrogen and oxygen atoms in total. The first-order valence-corrected chi connectivity index (χ1v) is 13.4. The number of aromatic nitrogens is 2. The minimum Gasteiger partial charge on any atom is -0.449 e. The zero-order chi connectivity index (χ0) is 25.2. The van der Waals surface area contributed by atoms with Gasteiger partial charge in [0.1, 0.15) is 11.3 Å². The number of rotatable bonds is 7. The van der Waals surface area contributed by atoms with Crippen LogP contribution in [0.2, 0.25) is 0 Å². The maximum atomic E-state index is 13.3. The highest BCUT2D eigenvalue weighted by Crippen LogP contribution is 2.26. The van der Waals surface area contributed by atoms with E-state index < -0.39 is 33.9 Å². The molecule has 9 heteroatoms. The van der Waals surface area contributed by atoms with Crippen molar-refractivity contribution >= 4 is 21.7 Å². The van der Waals surface area contributed by atoms with Crippen LogP contribution >= 0.6 is 0 Å². The molecule has 3 aromatic rings. The van der Waals surface area contributed by atoms with Crippen molar-refractivity contribution in [2.75, 3.05) is 18.1 Å². The minimum absolute atomic E-state index is 0.0608. The molecule has 1 aromatic heterocycles. The summed E-state index contributed by atoms with van der Waals surface area (Å²) >= 11 is 0. The van der Waals surface area contributed by atoms with Gasteiger partial charge in [-0.15, -0.1) is 0 Å². The summed E-state index contributed by atoms with van der Waals surface area (Å²) in [7, 11) is -3.15. The van der Waals surface area contributed by atoms with Crippen molar-refractivity contribution in [2.45, 2.75) is 39.3 Å². The summed E-state index contributed by atoms with van der Waals surface area (Å²) in [6.07, 6.45) is 0.923. The van der Waals surface area contributed by atoms with Gasteiger partial charge in [0.25, 0.3) is 5.91 Å². The van der Waals surface area contributed by atoms with Crippen LogP contribution in [0.5, 0.6) is 0 Å². The first-order valence-electron chi connectivity index (χ1n) is 11.6. The molecular weight excluding hydrogens is 466 g/mol. The van der Waals surface area contributed by atoms with E-state index in [2.05, 4.69) is 5.10 Å². The lowest BCUT2D eigenvalue weighted by Gasteiger charge is -2.29. The van der Waals surface area contributed by atoms with Gasteiger partial charge in [-0.05, 0) is 39.3 Å². The van der Waals surface area contributed by atoms with Crippen LogP contribution in [0.3, 0.4) is 0 Å². The molecule has 0 aliphatic carbocycles. The molecular formula is C26H29N3O5S. The van der Waals surface area contributed by atoms with Gasteiger partial charge < -0.3 is 9.64 Å². The van der Waals surface area contributed by atoms with Crippen molar-refractivity contribution in [3.8, 4) is 16.9 Å². The molecule has 1 amide bonds. The zero-order valence-electron chi connectivity index (χ0n) is 20.0. The van der Waals surface area contributed by atoms with Crippen molar-refractivity contribution in [3.63, 3.8) is 0 Å². The average Bonchev–Trinajstić information content (AvgIpc) is 3.44. The number of esters is 1. The predicted molar refractivity (Wildman–Crippen MR) is 133 cm³/mol. The van der Waals surface area contributed by atoms with Gasteiger partial charge in [0.05, 0.1) is 17.2 Å². The molecule has 0 bridgehead atoms. The summed E-state index contributed by atoms with van der Waals surface area (Å²) in [6.45, 7) is 5.61. The van der Waals surface area contributed by atoms with E-state index in [1.165, 1.54) is 11.8 Å². The average molecular weight is 496 g/mol. The van der Waals surface area contributed by atoms with Crippen molar-refractivity contribution in [1.29, 1.82) is 0 Å². The standard InChI is InChI=1S/C26H29N3O5S/c1-4-28(22-14-15-35(32,33)17-22)25(30)19(3)34-26(31)23-16-29(21-8-6-5-7-9-21)27-24(23)20-12-10-18(2)11-13-20/h5-13,16,19,22H,4,14-15,17H2,1-3H3. The van der Waals surface area contributed by atoms with E-state index in [9.17, 15) is 18.0 Å². The molecule has 0 N–H and O–H groups in total. The Hall–Kier alpha value is -3.46. The number of hydrogen-bond donors (Lipinski definition) is 0. The Morgan fingerprint density at radius 3 is 2.43 bits per heavy atom. The first kappa shape index (κ1) is 24.7. The van der Waals surface area contributed by atoms with Crippen LogP contribution in [0.25, 0.3) is 16.9 Å². The highest BCUT2D eigenvalue weighted by Gasteiger charge is 2.36. The van der Waals surface area contributed by atoms with Gasteiger partial charge in [-0.1, -0.05) is 48.0 Å². The van der Waals surface area contributed by atoms with Gasteiger partial charge in [0.2, 0.25) is 0 Å². The highest BCUT2D eigenvalue weighted by atomic mass is 32.2. The molecule has 0 spiro atoms. The molecule has 184 valence electrons. The third kappa shape index (κ3) is 5.45. The molecule has 1 aliphatic heterocycles. The largest absolute Gasteiger partial charge is 0.449 e. The Bertz CT molecular complexity index is 1320. The number of nitrogens with zero attached hydrogens (tertiary/aromatic N) is 3. The Balaban J connectivity index is 1.60. The Morgan fingerprint density at radius 2 is 1.83 bits per heavy atom. The third-order valence-electron chi connectivity index (χ3n) is 6.18. The number of para-hydroxylation sites is 1. The number of aryl methyl sites for hydroxylation is 1. The molecule has 2 aromatic carbocycles. The number of sulfone groups is 1. The summed E-state index contributed by atoms with van der Waals surface area (Å²) in [5.41, 5.74) is 3.30. The third-order valence-corrected chi connectivity index (χ3v) is 7.93. The number of ether oxygens (including phenoxy) is 1. The van der Waals surface area contributed by atoms with Crippen LogP contribution in [0, 0.1) is 6.92 Å². The molecule has 1 fully saturated rings. The molecule has 2 heterocycles. The molecule has 0 saturated carbocycles. The van der Waals surface area contributed by atoms with Crippen LogP contribution in [0.1, 0.15) is 36.2 Å². The topological polar surface area (TPSA) is 98.6 Å². The fourth-order valence-corrected chi connectivity index (χ4v) is 6.01. The molecule has 35 heavy (non-hydrogen) atoms. The molecule has 1 aliphatic rings. The van der Waals surface area contributed by atoms with Crippen molar-refractivity contribution in [1.82, 2.24) is 14.7 Å². The Kier molecular flexibility index (Phi) is 7.07. The number of amides is 1. The molecule has 4 rings (SSSR count). The van der Waals surface area contributed by atoms with E-state index in [1.54, 1.807) is 17.8 Å². The first-order chi connectivity index (χ1) is 16.7. The van der Waals surface area contributed by atoms with E-state index >= 15 is 0 Å². The van der Waals surface area contributed by atoms with E-state index in [1.807, 2.05) is 61.5 Å². The second-order valence-corrected chi connectivity index (χ2v) is 11.0. The summed E-state index contributed by atoms with van der Waals surface area (Å²) < 4.78 is 31.0. The highest BCUT2D eigenvalue weighted by molar-refractivity contribution is 7.91. The monoisotopic (exact) mass is 495 g/mol. The van der Waals surface area contributed by atoms with Crippen LogP contribution < -0.4 is 0 Å². The second kappa shape index (κ2) is 10.0. The molecule has 2 unspecified atom stereocenters. The lowest BCUT2D eigenvalue weighted by atomic mass is 10.1. The van der Waals surface area contributed by atoms with Gasteiger partial charge in [-0.3, -0.25) is 4.79 Å². The maximum Gasteiger partial charge on any atom is 0.342 e. The van der Waals surface area contributed by atoms with Gasteiger partial charge in [0, 0.05) is 24.3 Å². The van der Waals surface area contributed by atoms with E-state index in [0.29, 0.717) is 18.7 Å². The fraction of sp³-hybridized carbons (Fsp3) is 0.346. The second-order valence-electron chi connectivity index (χ2n) is 8.77. The summed E-state index contributed by atoms with van der Waals surface area (Å²) in [5, 5.41) is 4.64. The zero-order valence-corrected chi connectivity index (χ0v) is 20.9. The lowest BCUT2D eigenvalue weighted by Crippen LogP contribution is -2.46. The van der Waals surface area contributed by atoms with E-state index in [-0.39, 0.29) is 17.1 Å². The lowest BCUT2D eigenvalue weighted by molar-refractivity contribution is -0.141. The Labute approximate surface area is 205 Å². The van der Waals surface area contributed by atoms with Crippen molar-refractivity contribution in [3.05, 3.63) is 71.9 Å². The van der Waals surface area contributed by atoms with Gasteiger partial charge in [0.15, 0.2) is 15.9 Å². The Morgan fingerprint density at radius 1 is 1.14 bits per heavy atom. The quantitative estimate of drug-likeness (QED) is 0.466. The summed E-state index contributed by atoms with van der Waals surface area (Å²) in [6, 6.07) is 16.7. The smallest absolute Gasteiger partial charge is 0.342 e. The van der Waals surface area contributed by atoms with Gasteiger partial charge >= 0.3 is 5.97 Å². The van der Waals surface area contributed by atoms with Crippen molar-refractivity contribution < 1.29 is 22.7 Å². The van der Waals surface area contributed by atoms with E-state index in [0.717, 1.165) is 16.8 Å². The van der Waals surface area contributed by atoms with Crippen LogP contribution in [0.15, 0.2) is 60.8 Å². The van der Waals surface area contributed by atoms with E-state index in [4.69, 9.17) is 4.74 Å². The SMILES string of the molecule is CCN(C(=O)C(C)OC(=O)c1cn(-c2ccccc2)nc1-c1ccc(C)cc1)C1CCS(=O)(=O)C1. The number of hydrogen-bond acceptors (Lipinski definition) is 6. The van der Waals surface area contributed by atoms with Crippen LogP contribution in [-0.2, 0) is 19.4 Å². The fourth-order valence-electron chi connectivity index (χ4n) is 4.28. The molecule has 1 saturated heterocycles. The molecule has 2 atom stereocenters. The minimum atomic E-state index is -3.15. The summed E-state index contributed by atoms with van der Waals surface area (Å²) in [5.74, 6) is -1.07. The number of carbonyl (C=O) groups excluding carboxylic acids is 2. The number of carbonyl (C=O) groups is 2. The predicted octanol–water partition coefficient (Wildman–Crippen LogP) is 3.43. The van der Waals surface area contributed by atoms with Crippen LogP contribution in [-0.4, -0.2) is 65.2 Å². The normalized spacial score (nSPS) is 17.6. The number of likely N-dealkylation sites (N-methyl/N-ethyl adjacent to an activating group) is 1. The van der Waals surface area contributed by atoms with Crippen molar-refractivity contribution in [2.24, 2.45) is 0 Å².